The summed E-state index contributed by atoms with van der Waals surface area (Å²) in [6.07, 6.45) is 0.443. The third-order valence-corrected chi connectivity index (χ3v) is 4.40. The van der Waals surface area contributed by atoms with Crippen molar-refractivity contribution in [3.8, 4) is 0 Å². The minimum absolute atomic E-state index is 0.0627. The third kappa shape index (κ3) is 5.34. The van der Waals surface area contributed by atoms with E-state index < -0.39 is 0 Å². The number of carbonyl (C=O) groups excluding carboxylic acids is 1. The molecule has 0 fully saturated rings. The van der Waals surface area contributed by atoms with Gasteiger partial charge in [0, 0.05) is 37.4 Å². The highest BCUT2D eigenvalue weighted by Crippen LogP contribution is 2.16. The lowest BCUT2D eigenvalue weighted by Crippen LogP contribution is -2.35. The maximum atomic E-state index is 12.2. The first-order chi connectivity index (χ1) is 11.9. The van der Waals surface area contributed by atoms with Crippen LogP contribution in [0.1, 0.15) is 43.3 Å². The maximum absolute atomic E-state index is 12.2. The Labute approximate surface area is 151 Å². The minimum Gasteiger partial charge on any atom is -0.370 e. The third-order valence-electron chi connectivity index (χ3n) is 4.40. The first kappa shape index (κ1) is 19.0. The molecule has 136 valence electrons. The van der Waals surface area contributed by atoms with Gasteiger partial charge in [-0.05, 0) is 58.4 Å². The van der Waals surface area contributed by atoms with Crippen LogP contribution >= 0.6 is 0 Å². The van der Waals surface area contributed by atoms with E-state index in [1.807, 2.05) is 31.5 Å². The highest BCUT2D eigenvalue weighted by Gasteiger charge is 2.14. The Morgan fingerprint density at radius 1 is 1.28 bits per heavy atom. The van der Waals surface area contributed by atoms with Crippen LogP contribution in [0.3, 0.4) is 0 Å². The molecule has 1 amide bonds. The number of amides is 1. The van der Waals surface area contributed by atoms with Gasteiger partial charge in [-0.3, -0.25) is 9.48 Å². The van der Waals surface area contributed by atoms with Gasteiger partial charge in [-0.1, -0.05) is 12.1 Å². The molecule has 2 rings (SSSR count). The molecular weight excluding hydrogens is 312 g/mol. The molecule has 0 bridgehead atoms. The molecule has 1 atom stereocenters. The van der Waals surface area contributed by atoms with Crippen molar-refractivity contribution in [1.82, 2.24) is 15.1 Å². The zero-order valence-corrected chi connectivity index (χ0v) is 16.0. The summed E-state index contributed by atoms with van der Waals surface area (Å²) in [5, 5.41) is 7.50. The van der Waals surface area contributed by atoms with Gasteiger partial charge in [-0.2, -0.15) is 5.10 Å². The monoisotopic (exact) mass is 342 g/mol. The number of benzene rings is 1. The molecule has 1 aromatic heterocycles. The molecular formula is C20H30N4O. The van der Waals surface area contributed by atoms with Crippen LogP contribution in [-0.2, 0) is 4.79 Å². The number of anilines is 1. The van der Waals surface area contributed by atoms with E-state index in [0.29, 0.717) is 13.0 Å². The van der Waals surface area contributed by atoms with Crippen molar-refractivity contribution in [2.24, 2.45) is 0 Å². The minimum atomic E-state index is 0.0627. The van der Waals surface area contributed by atoms with Gasteiger partial charge in [0.25, 0.3) is 0 Å². The van der Waals surface area contributed by atoms with Gasteiger partial charge >= 0.3 is 0 Å². The summed E-state index contributed by atoms with van der Waals surface area (Å²) in [6, 6.07) is 10.6. The highest BCUT2D eigenvalue weighted by molar-refractivity contribution is 5.76. The maximum Gasteiger partial charge on any atom is 0.222 e. The fourth-order valence-corrected chi connectivity index (χ4v) is 3.14. The standard InChI is InChI=1S/C20H30N4O/c1-6-23(19-9-7-8-15(2)12-19)11-10-21-20(25)14-18(5)24-17(4)13-16(3)22-24/h7-9,12-13,18H,6,10-11,14H2,1-5H3,(H,21,25). The summed E-state index contributed by atoms with van der Waals surface area (Å²) >= 11 is 0. The molecule has 5 nitrogen and oxygen atoms in total. The zero-order valence-electron chi connectivity index (χ0n) is 16.0. The van der Waals surface area contributed by atoms with Crippen molar-refractivity contribution >= 4 is 11.6 Å². The second-order valence-corrected chi connectivity index (χ2v) is 6.69. The molecule has 1 heterocycles. The molecule has 0 radical (unpaired) electrons. The molecule has 0 aliphatic carbocycles. The SMILES string of the molecule is CCN(CCNC(=O)CC(C)n1nc(C)cc1C)c1cccc(C)c1. The van der Waals surface area contributed by atoms with Crippen LogP contribution in [0.15, 0.2) is 30.3 Å². The summed E-state index contributed by atoms with van der Waals surface area (Å²) in [5.41, 5.74) is 4.53. The Morgan fingerprint density at radius 3 is 2.64 bits per heavy atom. The quantitative estimate of drug-likeness (QED) is 0.800. The van der Waals surface area contributed by atoms with Crippen LogP contribution in [0, 0.1) is 20.8 Å². The van der Waals surface area contributed by atoms with Gasteiger partial charge in [-0.25, -0.2) is 0 Å². The fraction of sp³-hybridized carbons (Fsp3) is 0.500. The van der Waals surface area contributed by atoms with E-state index in [1.54, 1.807) is 0 Å². The number of aryl methyl sites for hydroxylation is 3. The number of hydrogen-bond donors (Lipinski definition) is 1. The molecule has 0 saturated heterocycles. The van der Waals surface area contributed by atoms with E-state index in [-0.39, 0.29) is 11.9 Å². The van der Waals surface area contributed by atoms with Crippen molar-refractivity contribution < 1.29 is 4.79 Å². The first-order valence-corrected chi connectivity index (χ1v) is 9.01. The average Bonchev–Trinajstić information content (AvgIpc) is 2.90. The predicted molar refractivity (Wildman–Crippen MR) is 103 cm³/mol. The van der Waals surface area contributed by atoms with Gasteiger partial charge < -0.3 is 10.2 Å². The number of aromatic nitrogens is 2. The van der Waals surface area contributed by atoms with Crippen molar-refractivity contribution in [2.75, 3.05) is 24.5 Å². The number of hydrogen-bond acceptors (Lipinski definition) is 3. The molecule has 0 aliphatic rings. The Hall–Kier alpha value is -2.30. The topological polar surface area (TPSA) is 50.2 Å². The summed E-state index contributed by atoms with van der Waals surface area (Å²) in [5.74, 6) is 0.0698. The van der Waals surface area contributed by atoms with Gasteiger partial charge in [0.1, 0.15) is 0 Å². The number of carbonyl (C=O) groups is 1. The normalized spacial score (nSPS) is 12.0. The number of rotatable bonds is 8. The molecule has 2 aromatic rings. The molecule has 0 spiro atoms. The van der Waals surface area contributed by atoms with Gasteiger partial charge in [0.15, 0.2) is 0 Å². The van der Waals surface area contributed by atoms with Crippen LogP contribution in [0.2, 0.25) is 0 Å². The van der Waals surface area contributed by atoms with Gasteiger partial charge in [-0.15, -0.1) is 0 Å². The van der Waals surface area contributed by atoms with Crippen molar-refractivity contribution in [2.45, 2.75) is 47.1 Å². The van der Waals surface area contributed by atoms with Crippen LogP contribution < -0.4 is 10.2 Å². The van der Waals surface area contributed by atoms with E-state index in [4.69, 9.17) is 0 Å². The number of likely N-dealkylation sites (N-methyl/N-ethyl adjacent to an activating group) is 1. The highest BCUT2D eigenvalue weighted by atomic mass is 16.1. The van der Waals surface area contributed by atoms with Gasteiger partial charge in [0.05, 0.1) is 11.7 Å². The van der Waals surface area contributed by atoms with Crippen LogP contribution in [-0.4, -0.2) is 35.3 Å². The zero-order chi connectivity index (χ0) is 18.4. The second kappa shape index (κ2) is 8.70. The van der Waals surface area contributed by atoms with E-state index in [1.165, 1.54) is 11.3 Å². The largest absolute Gasteiger partial charge is 0.370 e. The summed E-state index contributed by atoms with van der Waals surface area (Å²) < 4.78 is 1.93. The molecule has 1 unspecified atom stereocenters. The second-order valence-electron chi connectivity index (χ2n) is 6.69. The van der Waals surface area contributed by atoms with Crippen molar-refractivity contribution in [3.63, 3.8) is 0 Å². The first-order valence-electron chi connectivity index (χ1n) is 9.01. The van der Waals surface area contributed by atoms with E-state index in [9.17, 15) is 4.79 Å². The Balaban J connectivity index is 1.82. The Kier molecular flexibility index (Phi) is 6.62. The molecule has 5 heteroatoms. The molecule has 1 N–H and O–H groups in total. The summed E-state index contributed by atoms with van der Waals surface area (Å²) in [4.78, 5) is 14.5. The van der Waals surface area contributed by atoms with Crippen LogP contribution in [0.5, 0.6) is 0 Å². The Bertz CT molecular complexity index is 707. The lowest BCUT2D eigenvalue weighted by molar-refractivity contribution is -0.121. The van der Waals surface area contributed by atoms with Crippen molar-refractivity contribution in [3.05, 3.63) is 47.3 Å². The molecule has 25 heavy (non-hydrogen) atoms. The summed E-state index contributed by atoms with van der Waals surface area (Å²) in [6.45, 7) is 12.6. The average molecular weight is 342 g/mol. The van der Waals surface area contributed by atoms with E-state index >= 15 is 0 Å². The molecule has 0 saturated carbocycles. The van der Waals surface area contributed by atoms with Crippen LogP contribution in [0.4, 0.5) is 5.69 Å². The molecule has 0 aliphatic heterocycles. The number of nitrogens with one attached hydrogen (secondary N) is 1. The lowest BCUT2D eigenvalue weighted by Gasteiger charge is -2.24. The summed E-state index contributed by atoms with van der Waals surface area (Å²) in [7, 11) is 0. The lowest BCUT2D eigenvalue weighted by atomic mass is 10.2. The smallest absolute Gasteiger partial charge is 0.222 e. The van der Waals surface area contributed by atoms with Crippen molar-refractivity contribution in [1.29, 1.82) is 0 Å². The number of nitrogens with zero attached hydrogens (tertiary/aromatic N) is 3. The van der Waals surface area contributed by atoms with Crippen LogP contribution in [0.25, 0.3) is 0 Å². The predicted octanol–water partition coefficient (Wildman–Crippen LogP) is 3.40. The van der Waals surface area contributed by atoms with E-state index in [0.717, 1.165) is 24.5 Å². The Morgan fingerprint density at radius 2 is 2.04 bits per heavy atom. The van der Waals surface area contributed by atoms with E-state index in [2.05, 4.69) is 53.4 Å². The molecule has 1 aromatic carbocycles. The fourth-order valence-electron chi connectivity index (χ4n) is 3.14. The van der Waals surface area contributed by atoms with Gasteiger partial charge in [0.2, 0.25) is 5.91 Å².